The molecule has 3 nitrogen and oxygen atoms in total. The number of hydrogen-bond acceptors (Lipinski definition) is 4. The molecule has 1 aliphatic carbocycles. The average molecular weight is 419 g/mol. The Bertz CT molecular complexity index is 1240. The first kappa shape index (κ1) is 18.6. The van der Waals surface area contributed by atoms with Crippen molar-refractivity contribution in [3.05, 3.63) is 86.5 Å². The minimum absolute atomic E-state index is 0.0767. The molecule has 5 heteroatoms. The van der Waals surface area contributed by atoms with Gasteiger partial charge in [-0.05, 0) is 61.4 Å². The lowest BCUT2D eigenvalue weighted by Crippen LogP contribution is -2.22. The standard InChI is InChI=1S/C24H22N2OS2/c1-16-9-5-6-10-17(16)15-28-24-25-22-21(19-13-7-8-14-20(19)29-22)23(27)26(24)18-11-3-2-4-12-18/h2-6,9-12H,7-8,13-15H2,1H3. The van der Waals surface area contributed by atoms with Gasteiger partial charge in [0, 0.05) is 10.6 Å². The molecule has 0 amide bonds. The van der Waals surface area contributed by atoms with E-state index in [1.165, 1.54) is 28.0 Å². The Kier molecular flexibility index (Phi) is 5.02. The van der Waals surface area contributed by atoms with Crippen LogP contribution >= 0.6 is 23.1 Å². The quantitative estimate of drug-likeness (QED) is 0.304. The molecular weight excluding hydrogens is 396 g/mol. The lowest BCUT2D eigenvalue weighted by Gasteiger charge is -2.14. The van der Waals surface area contributed by atoms with Crippen molar-refractivity contribution in [2.24, 2.45) is 0 Å². The first-order valence-electron chi connectivity index (χ1n) is 10.0. The van der Waals surface area contributed by atoms with Gasteiger partial charge in [-0.25, -0.2) is 4.98 Å². The summed E-state index contributed by atoms with van der Waals surface area (Å²) in [5, 5.41) is 1.62. The molecule has 0 atom stereocenters. The van der Waals surface area contributed by atoms with Gasteiger partial charge < -0.3 is 0 Å². The summed E-state index contributed by atoms with van der Waals surface area (Å²) >= 11 is 3.36. The monoisotopic (exact) mass is 418 g/mol. The van der Waals surface area contributed by atoms with Gasteiger partial charge in [-0.2, -0.15) is 0 Å². The molecule has 1 aliphatic rings. The Hall–Kier alpha value is -2.37. The lowest BCUT2D eigenvalue weighted by atomic mass is 9.97. The predicted molar refractivity (Wildman–Crippen MR) is 123 cm³/mol. The fourth-order valence-corrected chi connectivity index (χ4v) is 6.39. The topological polar surface area (TPSA) is 34.9 Å². The highest BCUT2D eigenvalue weighted by Gasteiger charge is 2.22. The number of thiophene rings is 1. The van der Waals surface area contributed by atoms with Crippen LogP contribution in [0.2, 0.25) is 0 Å². The predicted octanol–water partition coefficient (Wildman–Crippen LogP) is 5.93. The fraction of sp³-hybridized carbons (Fsp3) is 0.250. The maximum Gasteiger partial charge on any atom is 0.267 e. The van der Waals surface area contributed by atoms with E-state index < -0.39 is 0 Å². The SMILES string of the molecule is Cc1ccccc1CSc1nc2sc3c(c2c(=O)n1-c1ccccc1)CCCC3. The van der Waals surface area contributed by atoms with Crippen molar-refractivity contribution < 1.29 is 0 Å². The van der Waals surface area contributed by atoms with Gasteiger partial charge in [0.15, 0.2) is 5.16 Å². The number of hydrogen-bond donors (Lipinski definition) is 0. The van der Waals surface area contributed by atoms with E-state index in [0.29, 0.717) is 0 Å². The highest BCUT2D eigenvalue weighted by atomic mass is 32.2. The number of para-hydroxylation sites is 1. The number of rotatable bonds is 4. The van der Waals surface area contributed by atoms with Crippen molar-refractivity contribution in [2.75, 3.05) is 0 Å². The molecule has 0 saturated carbocycles. The zero-order chi connectivity index (χ0) is 19.8. The molecule has 2 aromatic carbocycles. The molecule has 0 fully saturated rings. The summed E-state index contributed by atoms with van der Waals surface area (Å²) < 4.78 is 1.81. The van der Waals surface area contributed by atoms with Crippen LogP contribution in [0.15, 0.2) is 64.5 Å². The first-order chi connectivity index (χ1) is 14.2. The molecule has 29 heavy (non-hydrogen) atoms. The Labute approximate surface area is 178 Å². The minimum Gasteiger partial charge on any atom is -0.268 e. The van der Waals surface area contributed by atoms with Gasteiger partial charge in [0.05, 0.1) is 11.1 Å². The van der Waals surface area contributed by atoms with Crippen LogP contribution in [0.5, 0.6) is 0 Å². The molecule has 0 aliphatic heterocycles. The third-order valence-corrected chi connectivity index (χ3v) is 7.76. The average Bonchev–Trinajstić information content (AvgIpc) is 3.12. The Morgan fingerprint density at radius 3 is 2.62 bits per heavy atom. The van der Waals surface area contributed by atoms with Crippen molar-refractivity contribution in [2.45, 2.75) is 43.5 Å². The van der Waals surface area contributed by atoms with Gasteiger partial charge in [0.1, 0.15) is 4.83 Å². The minimum atomic E-state index is 0.0767. The molecule has 0 N–H and O–H groups in total. The van der Waals surface area contributed by atoms with Crippen LogP contribution in [0.1, 0.15) is 34.4 Å². The highest BCUT2D eigenvalue weighted by Crippen LogP contribution is 2.35. The van der Waals surface area contributed by atoms with E-state index in [1.54, 1.807) is 23.1 Å². The van der Waals surface area contributed by atoms with E-state index in [1.807, 2.05) is 34.9 Å². The molecule has 4 aromatic rings. The van der Waals surface area contributed by atoms with Gasteiger partial charge >= 0.3 is 0 Å². The van der Waals surface area contributed by atoms with Crippen LogP contribution in [-0.4, -0.2) is 9.55 Å². The maximum absolute atomic E-state index is 13.7. The van der Waals surface area contributed by atoms with Gasteiger partial charge in [-0.15, -0.1) is 11.3 Å². The summed E-state index contributed by atoms with van der Waals surface area (Å²) in [6, 6.07) is 18.3. The molecular formula is C24H22N2OS2. The smallest absolute Gasteiger partial charge is 0.267 e. The second-order valence-electron chi connectivity index (χ2n) is 7.48. The van der Waals surface area contributed by atoms with Crippen molar-refractivity contribution in [3.63, 3.8) is 0 Å². The summed E-state index contributed by atoms with van der Waals surface area (Å²) in [6.45, 7) is 2.13. The summed E-state index contributed by atoms with van der Waals surface area (Å²) in [6.07, 6.45) is 4.44. The van der Waals surface area contributed by atoms with E-state index >= 15 is 0 Å². The van der Waals surface area contributed by atoms with E-state index in [2.05, 4.69) is 31.2 Å². The van der Waals surface area contributed by atoms with E-state index in [9.17, 15) is 4.79 Å². The molecule has 5 rings (SSSR count). The zero-order valence-electron chi connectivity index (χ0n) is 16.4. The van der Waals surface area contributed by atoms with Gasteiger partial charge in [-0.1, -0.05) is 54.2 Å². The van der Waals surface area contributed by atoms with Crippen molar-refractivity contribution in [3.8, 4) is 5.69 Å². The summed E-state index contributed by atoms with van der Waals surface area (Å²) in [7, 11) is 0. The van der Waals surface area contributed by atoms with Crippen molar-refractivity contribution in [1.82, 2.24) is 9.55 Å². The molecule has 0 saturated heterocycles. The van der Waals surface area contributed by atoms with Crippen LogP contribution in [0.25, 0.3) is 15.9 Å². The fourth-order valence-electron chi connectivity index (χ4n) is 4.00. The number of nitrogens with zero attached hydrogens (tertiary/aromatic N) is 2. The van der Waals surface area contributed by atoms with Gasteiger partial charge in [-0.3, -0.25) is 9.36 Å². The van der Waals surface area contributed by atoms with Gasteiger partial charge in [0.25, 0.3) is 5.56 Å². The Morgan fingerprint density at radius 1 is 1.03 bits per heavy atom. The third-order valence-electron chi connectivity index (χ3n) is 5.59. The van der Waals surface area contributed by atoms with Crippen LogP contribution in [-0.2, 0) is 18.6 Å². The van der Waals surface area contributed by atoms with E-state index in [0.717, 1.165) is 46.1 Å². The second-order valence-corrected chi connectivity index (χ2v) is 9.50. The largest absolute Gasteiger partial charge is 0.268 e. The Balaban J connectivity index is 1.67. The molecule has 0 unspecified atom stereocenters. The van der Waals surface area contributed by atoms with E-state index in [4.69, 9.17) is 4.98 Å². The summed E-state index contributed by atoms with van der Waals surface area (Å²) in [4.78, 5) is 20.9. The molecule has 0 spiro atoms. The molecule has 0 radical (unpaired) electrons. The number of benzene rings is 2. The lowest BCUT2D eigenvalue weighted by molar-refractivity contribution is 0.699. The second kappa shape index (κ2) is 7.81. The highest BCUT2D eigenvalue weighted by molar-refractivity contribution is 7.98. The number of fused-ring (bicyclic) bond motifs is 3. The van der Waals surface area contributed by atoms with Crippen LogP contribution < -0.4 is 5.56 Å². The zero-order valence-corrected chi connectivity index (χ0v) is 18.0. The van der Waals surface area contributed by atoms with E-state index in [-0.39, 0.29) is 5.56 Å². The number of thioether (sulfide) groups is 1. The van der Waals surface area contributed by atoms with Crippen LogP contribution in [0.4, 0.5) is 0 Å². The summed E-state index contributed by atoms with van der Waals surface area (Å²) in [5.74, 6) is 0.794. The normalized spacial score (nSPS) is 13.6. The Morgan fingerprint density at radius 2 is 1.79 bits per heavy atom. The number of aromatic nitrogens is 2. The first-order valence-corrected chi connectivity index (χ1v) is 11.8. The maximum atomic E-state index is 13.7. The molecule has 2 aromatic heterocycles. The third kappa shape index (κ3) is 3.43. The van der Waals surface area contributed by atoms with Crippen LogP contribution in [0.3, 0.4) is 0 Å². The molecule has 146 valence electrons. The van der Waals surface area contributed by atoms with Crippen molar-refractivity contribution >= 4 is 33.3 Å². The molecule has 0 bridgehead atoms. The molecule has 2 heterocycles. The summed E-state index contributed by atoms with van der Waals surface area (Å²) in [5.41, 5.74) is 4.75. The number of aryl methyl sites for hydroxylation is 3. The van der Waals surface area contributed by atoms with Crippen molar-refractivity contribution in [1.29, 1.82) is 0 Å². The van der Waals surface area contributed by atoms with Gasteiger partial charge in [0.2, 0.25) is 0 Å². The van der Waals surface area contributed by atoms with Crippen LogP contribution in [0, 0.1) is 6.92 Å².